The summed E-state index contributed by atoms with van der Waals surface area (Å²) < 4.78 is 29.0. The molecule has 13 amide bonds. The molecule has 1 aromatic heterocycles. The predicted octanol–water partition coefficient (Wildman–Crippen LogP) is -7.74. The number of unbranched alkanes of at least 4 members (excludes halogenated alkanes) is 2. The molecular formula is C70H121N24O20PS. The molecular weight excluding hydrogens is 1560 g/mol. The molecule has 1 aromatic carbocycles. The quantitative estimate of drug-likeness (QED) is 0.0127. The van der Waals surface area contributed by atoms with Gasteiger partial charge in [-0.3, -0.25) is 81.0 Å². The normalized spacial score (nSPS) is 16.0. The number of aromatic amines is 1. The molecule has 14 atom stereocenters. The first-order valence-corrected chi connectivity index (χ1v) is 41.6. The third-order valence-corrected chi connectivity index (χ3v) is 20.0. The lowest BCUT2D eigenvalue weighted by atomic mass is 9.96. The fourth-order valence-electron chi connectivity index (χ4n) is 12.0. The molecule has 116 heavy (non-hydrogen) atoms. The van der Waals surface area contributed by atoms with Crippen LogP contribution in [-0.4, -0.2) is 272 Å². The van der Waals surface area contributed by atoms with Crippen LogP contribution in [0.25, 0.3) is 0 Å². The summed E-state index contributed by atoms with van der Waals surface area (Å²) in [4.78, 5) is 219. The van der Waals surface area contributed by atoms with E-state index in [1.54, 1.807) is 13.8 Å². The van der Waals surface area contributed by atoms with Crippen molar-refractivity contribution in [2.75, 3.05) is 71.5 Å². The summed E-state index contributed by atoms with van der Waals surface area (Å²) in [5, 5.41) is 51.4. The van der Waals surface area contributed by atoms with Crippen molar-refractivity contribution in [3.63, 3.8) is 0 Å². The molecule has 1 unspecified atom stereocenters. The zero-order chi connectivity index (χ0) is 86.8. The molecule has 0 spiro atoms. The molecule has 1 aliphatic rings. The molecule has 2 heterocycles. The van der Waals surface area contributed by atoms with E-state index in [2.05, 4.69) is 88.3 Å². The van der Waals surface area contributed by atoms with Gasteiger partial charge in [0.2, 0.25) is 76.8 Å². The number of likely N-dealkylation sites (N-methyl/N-ethyl adjacent to an activating group) is 1. The number of carbonyl (C=O) groups is 13. The van der Waals surface area contributed by atoms with Gasteiger partial charge in [0.05, 0.1) is 32.1 Å². The predicted molar refractivity (Wildman–Crippen MR) is 426 cm³/mol. The lowest BCUT2D eigenvalue weighted by Crippen LogP contribution is -2.62. The largest absolute Gasteiger partial charge is 0.508 e. The number of carbonyl (C=O) groups excluding carboxylic acids is 13. The number of amides is 13. The average Bonchev–Trinajstić information content (AvgIpc) is 1.50. The lowest BCUT2D eigenvalue weighted by Gasteiger charge is -2.29. The van der Waals surface area contributed by atoms with E-state index in [-0.39, 0.29) is 120 Å². The molecule has 0 radical (unpaired) electrons. The number of nitrogens with one attached hydrogen (secondary N) is 13. The number of phenolic OH excluding ortho intramolecular Hbond substituents is 1. The van der Waals surface area contributed by atoms with E-state index in [4.69, 9.17) is 40.1 Å². The maximum atomic E-state index is 14.7. The molecule has 0 aliphatic carbocycles. The van der Waals surface area contributed by atoms with E-state index in [1.807, 2.05) is 0 Å². The number of guanidine groups is 2. The fourth-order valence-corrected chi connectivity index (χ4v) is 12.9. The third-order valence-electron chi connectivity index (χ3n) is 18.7. The molecule has 0 bridgehead atoms. The van der Waals surface area contributed by atoms with E-state index in [0.29, 0.717) is 49.8 Å². The number of aromatic nitrogens is 2. The number of phosphoric ester groups is 1. The van der Waals surface area contributed by atoms with Crippen molar-refractivity contribution in [3.05, 3.63) is 48.0 Å². The highest BCUT2D eigenvalue weighted by Gasteiger charge is 2.40. The van der Waals surface area contributed by atoms with Crippen molar-refractivity contribution in [2.45, 2.75) is 209 Å². The van der Waals surface area contributed by atoms with Crippen LogP contribution in [0.1, 0.15) is 135 Å². The van der Waals surface area contributed by atoms with Gasteiger partial charge in [-0.1, -0.05) is 46.2 Å². The summed E-state index contributed by atoms with van der Waals surface area (Å²) in [6.45, 7) is 4.39. The zero-order valence-electron chi connectivity index (χ0n) is 66.4. The number of benzene rings is 1. The van der Waals surface area contributed by atoms with Gasteiger partial charge in [0.25, 0.3) is 0 Å². The molecule has 3 rings (SSSR count). The van der Waals surface area contributed by atoms with Gasteiger partial charge in [-0.15, -0.1) is 0 Å². The molecule has 652 valence electrons. The van der Waals surface area contributed by atoms with Crippen LogP contribution < -0.4 is 104 Å². The Morgan fingerprint density at radius 2 is 1.10 bits per heavy atom. The number of aliphatic hydroxyl groups is 1. The van der Waals surface area contributed by atoms with Crippen LogP contribution in [0.5, 0.6) is 5.75 Å². The maximum Gasteiger partial charge on any atom is 0.469 e. The summed E-state index contributed by atoms with van der Waals surface area (Å²) in [5.74, 6) is -13.9. The van der Waals surface area contributed by atoms with Crippen LogP contribution >= 0.6 is 7.82 Å². The first-order chi connectivity index (χ1) is 54.9. The molecule has 31 N–H and O–H groups in total. The number of imidazole rings is 1. The second kappa shape index (κ2) is 52.5. The molecule has 1 fully saturated rings. The van der Waals surface area contributed by atoms with E-state index in [1.165, 1.54) is 68.8 Å². The molecule has 44 nitrogen and oxygen atoms in total. The number of aliphatic hydroxyl groups excluding tert-OH is 1. The van der Waals surface area contributed by atoms with Gasteiger partial charge in [0.15, 0.2) is 11.9 Å². The minimum absolute atomic E-state index is 0.0403. The Bertz CT molecular complexity index is 3660. The second-order valence-corrected chi connectivity index (χ2v) is 31.1. The highest BCUT2D eigenvalue weighted by molar-refractivity contribution is 7.84. The van der Waals surface area contributed by atoms with Gasteiger partial charge < -0.3 is 134 Å². The number of nitrogens with two attached hydrogens (primary N) is 7. The number of phosphoric acid groups is 1. The maximum absolute atomic E-state index is 14.7. The van der Waals surface area contributed by atoms with Gasteiger partial charge >= 0.3 is 7.82 Å². The highest BCUT2D eigenvalue weighted by atomic mass is 32.2. The third kappa shape index (κ3) is 37.3. The number of aliphatic imine (C=N–C) groups is 2. The van der Waals surface area contributed by atoms with Crippen molar-refractivity contribution in [1.29, 1.82) is 0 Å². The monoisotopic (exact) mass is 1680 g/mol. The van der Waals surface area contributed by atoms with Crippen molar-refractivity contribution in [1.82, 2.24) is 78.7 Å². The second-order valence-electron chi connectivity index (χ2n) is 28.3. The van der Waals surface area contributed by atoms with Crippen LogP contribution in [0.4, 0.5) is 0 Å². The number of nitrogens with zero attached hydrogens (tertiary/aromatic N) is 4. The average molecular weight is 1680 g/mol. The molecule has 0 saturated carbocycles. The summed E-state index contributed by atoms with van der Waals surface area (Å²) in [5.41, 5.74) is 40.3. The number of hydrogen-bond donors (Lipinski definition) is 24. The smallest absolute Gasteiger partial charge is 0.469 e. The SMILES string of the molecule is CC[C@H](C)[C@H](NC(=O)[C@@H](N)CCCN=C(N)N)C(=O)N[C@@H](Cc1cnc[nH]1)C(=O)N[C@@H](CCS(C)=O)C(=O)N[C@H](C(=O)N[C@@H](Cc1ccc(O)cc1)C(=O)N[C@@H](CO)C(=O)N[C@@H](CCCCN)C(=O)N[C@@H](CCCN=C(N)N)C(=O)N[C@@H](CCOP(=O)(O)O)C(=O)NCC(=O)N[C@@H](CCCCN)C(=O)N1CCC[C@H]1C(=O)NC)C(C)C. The number of hydrogen-bond acceptors (Lipinski definition) is 24. The van der Waals surface area contributed by atoms with Gasteiger partial charge in [-0.2, -0.15) is 0 Å². The van der Waals surface area contributed by atoms with Crippen LogP contribution in [-0.2, 0) is 95.1 Å². The molecule has 1 saturated heterocycles. The lowest BCUT2D eigenvalue weighted by molar-refractivity contribution is -0.141. The van der Waals surface area contributed by atoms with Crippen LogP contribution in [0, 0.1) is 11.8 Å². The minimum atomic E-state index is -5.19. The zero-order valence-corrected chi connectivity index (χ0v) is 68.1. The summed E-state index contributed by atoms with van der Waals surface area (Å²) in [6.07, 6.45) is 5.15. The van der Waals surface area contributed by atoms with Crippen LogP contribution in [0.2, 0.25) is 0 Å². The van der Waals surface area contributed by atoms with Gasteiger partial charge in [0.1, 0.15) is 72.2 Å². The topological polar surface area (TPSA) is 729 Å². The number of H-pyrrole nitrogens is 1. The van der Waals surface area contributed by atoms with Crippen molar-refractivity contribution < 1.29 is 95.6 Å². The van der Waals surface area contributed by atoms with E-state index in [0.717, 1.165) is 0 Å². The van der Waals surface area contributed by atoms with Crippen molar-refractivity contribution >= 4 is 107 Å². The molecule has 1 aliphatic heterocycles. The Labute approximate surface area is 675 Å². The van der Waals surface area contributed by atoms with E-state index in [9.17, 15) is 91.1 Å². The summed E-state index contributed by atoms with van der Waals surface area (Å²) >= 11 is 0. The Hall–Kier alpha value is -10.0. The van der Waals surface area contributed by atoms with Crippen LogP contribution in [0.15, 0.2) is 46.8 Å². The first kappa shape index (κ1) is 100. The Morgan fingerprint density at radius 3 is 1.61 bits per heavy atom. The number of aromatic hydroxyl groups is 1. The summed E-state index contributed by atoms with van der Waals surface area (Å²) in [6, 6.07) is -12.0. The van der Waals surface area contributed by atoms with Gasteiger partial charge in [0, 0.05) is 80.6 Å². The van der Waals surface area contributed by atoms with Gasteiger partial charge in [-0.05, 0) is 126 Å². The minimum Gasteiger partial charge on any atom is -0.508 e. The Kier molecular flexibility index (Phi) is 45.4. The highest BCUT2D eigenvalue weighted by Crippen LogP contribution is 2.36. The number of likely N-dealkylation sites (tertiary alicyclic amines) is 1. The molecule has 46 heteroatoms. The molecule has 2 aromatic rings. The van der Waals surface area contributed by atoms with Gasteiger partial charge in [-0.25, -0.2) is 9.55 Å². The van der Waals surface area contributed by atoms with Crippen LogP contribution in [0.3, 0.4) is 0 Å². The van der Waals surface area contributed by atoms with Crippen molar-refractivity contribution in [2.24, 2.45) is 62.0 Å². The first-order valence-electron chi connectivity index (χ1n) is 38.3. The standard InChI is InChI=1S/C70H121N24O20PS/c1-7-40(4)56(93-57(98)44(73)15-12-28-80-69(74)75)67(108)90-51(34-42-35-79-38-83-42)63(104)88-48(25-32-116(6)113)61(102)92-55(39(2)3)66(107)89-50(33-41-20-22-43(96)23-21-41)62(103)91-52(37-95)64(105)86-45(16-8-10-26-71)59(100)85-46(18-13-29-81-70(76)77)60(101)87-47(24-31-114-115(110,111)112)58(99)82-36-54(97)84-49(17-9-11-27-72)68(109)94-30-14-19-53(94)65(106)78-5/h20-23,35,38-40,44-53,55-56,95-96H,7-19,24-34,36-37,71-73H2,1-6H3,(H,78,106)(H,79,83)(H,82,99)(H,84,97)(H,85,100)(H,86,105)(H,87,101)(H,88,104)(H,89,107)(H,90,108)(H,91,103)(H,92,102)(H,93,98)(H4,74,75,80)(H4,76,77,81)(H2,110,111,112)/t40-,44-,45-,46-,47-,48-,49-,50-,51-,52-,53-,55-,56-,116?/m0/s1. The fraction of sp³-hybridized carbons (Fsp3) is 0.657. The van der Waals surface area contributed by atoms with E-state index < -0.39 is 206 Å². The Morgan fingerprint density at radius 1 is 0.621 bits per heavy atom. The number of phenols is 1. The van der Waals surface area contributed by atoms with Crippen molar-refractivity contribution in [3.8, 4) is 5.75 Å². The number of rotatable bonds is 55. The van der Waals surface area contributed by atoms with E-state index >= 15 is 0 Å². The summed E-state index contributed by atoms with van der Waals surface area (Å²) in [7, 11) is -5.33. The Balaban J connectivity index is 1.97.